The molecule has 134 valence electrons. The third-order valence-corrected chi connectivity index (χ3v) is 4.87. The summed E-state index contributed by atoms with van der Waals surface area (Å²) in [5, 5.41) is 11.0. The second-order valence-electron chi connectivity index (χ2n) is 6.73. The molecule has 7 heteroatoms. The van der Waals surface area contributed by atoms with Gasteiger partial charge in [-0.1, -0.05) is 19.3 Å². The molecule has 7 nitrogen and oxygen atoms in total. The van der Waals surface area contributed by atoms with Crippen LogP contribution in [0.4, 0.5) is 0 Å². The largest absolute Gasteiger partial charge is 0.376 e. The average Bonchev–Trinajstić information content (AvgIpc) is 3.10. The van der Waals surface area contributed by atoms with Gasteiger partial charge in [-0.3, -0.25) is 4.79 Å². The number of hydrogen-bond acceptors (Lipinski definition) is 5. The summed E-state index contributed by atoms with van der Waals surface area (Å²) in [7, 11) is 0. The summed E-state index contributed by atoms with van der Waals surface area (Å²) in [5.74, 6) is 0.704. The maximum atomic E-state index is 11.9. The van der Waals surface area contributed by atoms with Crippen molar-refractivity contribution in [3.8, 4) is 0 Å². The first-order valence-electron chi connectivity index (χ1n) is 9.17. The first kappa shape index (κ1) is 17.4. The van der Waals surface area contributed by atoms with Gasteiger partial charge in [-0.25, -0.2) is 0 Å². The summed E-state index contributed by atoms with van der Waals surface area (Å²) >= 11 is 0. The fraction of sp³-hybridized carbons (Fsp3) is 0.824. The smallest absolute Gasteiger partial charge is 0.246 e. The molecule has 0 spiro atoms. The molecule has 1 aliphatic heterocycles. The monoisotopic (exact) mass is 336 g/mol. The number of hydrogen-bond donors (Lipinski definition) is 1. The van der Waals surface area contributed by atoms with Gasteiger partial charge in [0.25, 0.3) is 0 Å². The Kier molecular flexibility index (Phi) is 6.60. The van der Waals surface area contributed by atoms with Crippen molar-refractivity contribution in [2.45, 2.75) is 70.1 Å². The van der Waals surface area contributed by atoms with Crippen LogP contribution in [0.3, 0.4) is 0 Å². The van der Waals surface area contributed by atoms with Crippen LogP contribution in [0, 0.1) is 0 Å². The first-order chi connectivity index (χ1) is 11.8. The second-order valence-corrected chi connectivity index (χ2v) is 6.73. The van der Waals surface area contributed by atoms with E-state index in [1.807, 2.05) is 0 Å². The van der Waals surface area contributed by atoms with E-state index in [-0.39, 0.29) is 18.6 Å². The molecule has 0 radical (unpaired) electrons. The summed E-state index contributed by atoms with van der Waals surface area (Å²) in [6.07, 6.45) is 11.4. The van der Waals surface area contributed by atoms with Gasteiger partial charge in [-0.15, -0.1) is 10.2 Å². The topological polar surface area (TPSA) is 78.3 Å². The minimum atomic E-state index is -0.121. The summed E-state index contributed by atoms with van der Waals surface area (Å²) < 4.78 is 13.2. The average molecular weight is 336 g/mol. The van der Waals surface area contributed by atoms with Gasteiger partial charge < -0.3 is 19.4 Å². The van der Waals surface area contributed by atoms with Crippen LogP contribution in [-0.2, 0) is 20.8 Å². The van der Waals surface area contributed by atoms with Gasteiger partial charge in [0.2, 0.25) is 5.91 Å². The van der Waals surface area contributed by atoms with Crippen molar-refractivity contribution in [3.63, 3.8) is 0 Å². The van der Waals surface area contributed by atoms with E-state index in [0.717, 1.165) is 25.3 Å². The second kappa shape index (κ2) is 9.13. The van der Waals surface area contributed by atoms with Crippen molar-refractivity contribution >= 4 is 5.91 Å². The first-order valence-corrected chi connectivity index (χ1v) is 9.17. The molecular weight excluding hydrogens is 308 g/mol. The lowest BCUT2D eigenvalue weighted by molar-refractivity contribution is -0.128. The predicted octanol–water partition coefficient (Wildman–Crippen LogP) is 1.99. The summed E-state index contributed by atoms with van der Waals surface area (Å²) in [4.78, 5) is 11.9. The maximum Gasteiger partial charge on any atom is 0.246 e. The zero-order valence-electron chi connectivity index (χ0n) is 14.3. The van der Waals surface area contributed by atoms with Crippen molar-refractivity contribution in [3.05, 3.63) is 12.2 Å². The highest BCUT2D eigenvalue weighted by atomic mass is 16.5. The highest BCUT2D eigenvalue weighted by molar-refractivity contribution is 5.77. The molecule has 2 heterocycles. The molecule has 1 N–H and O–H groups in total. The SMILES string of the molecule is O=C(COCC1CCCCO1)NCc1nncn1C1CCCCC1. The summed E-state index contributed by atoms with van der Waals surface area (Å²) in [6, 6.07) is 0.473. The molecule has 1 saturated heterocycles. The molecule has 2 aliphatic rings. The van der Waals surface area contributed by atoms with E-state index in [2.05, 4.69) is 20.1 Å². The van der Waals surface area contributed by atoms with Crippen molar-refractivity contribution in [1.29, 1.82) is 0 Å². The molecule has 24 heavy (non-hydrogen) atoms. The van der Waals surface area contributed by atoms with Crippen LogP contribution in [0.5, 0.6) is 0 Å². The van der Waals surface area contributed by atoms with Crippen LogP contribution in [0.1, 0.15) is 63.2 Å². The maximum absolute atomic E-state index is 11.9. The minimum Gasteiger partial charge on any atom is -0.376 e. The quantitative estimate of drug-likeness (QED) is 0.824. The number of carbonyl (C=O) groups excluding carboxylic acids is 1. The standard InChI is InChI=1S/C17H28N4O3/c22-17(12-23-11-15-8-4-5-9-24-15)18-10-16-20-19-13-21(16)14-6-2-1-3-7-14/h13-15H,1-12H2,(H,18,22). The molecule has 3 rings (SSSR count). The molecule has 1 aromatic heterocycles. The molecule has 1 amide bonds. The Balaban J connectivity index is 1.37. The Morgan fingerprint density at radius 1 is 1.25 bits per heavy atom. The molecular formula is C17H28N4O3. The third-order valence-electron chi connectivity index (χ3n) is 4.87. The zero-order valence-corrected chi connectivity index (χ0v) is 14.3. The van der Waals surface area contributed by atoms with Gasteiger partial charge in [0.15, 0.2) is 5.82 Å². The minimum absolute atomic E-state index is 0.0669. The van der Waals surface area contributed by atoms with Crippen molar-refractivity contribution in [1.82, 2.24) is 20.1 Å². The van der Waals surface area contributed by atoms with Crippen molar-refractivity contribution in [2.75, 3.05) is 19.8 Å². The lowest BCUT2D eigenvalue weighted by atomic mass is 9.95. The highest BCUT2D eigenvalue weighted by Gasteiger charge is 2.19. The Morgan fingerprint density at radius 2 is 2.08 bits per heavy atom. The van der Waals surface area contributed by atoms with E-state index in [0.29, 0.717) is 19.2 Å². The molecule has 0 bridgehead atoms. The molecule has 1 saturated carbocycles. The number of rotatable bonds is 7. The Morgan fingerprint density at radius 3 is 2.88 bits per heavy atom. The fourth-order valence-corrected chi connectivity index (χ4v) is 3.51. The Bertz CT molecular complexity index is 508. The van der Waals surface area contributed by atoms with E-state index in [9.17, 15) is 4.79 Å². The molecule has 1 aromatic rings. The number of amides is 1. The van der Waals surface area contributed by atoms with Gasteiger partial charge in [-0.05, 0) is 32.1 Å². The van der Waals surface area contributed by atoms with Crippen LogP contribution in [0.15, 0.2) is 6.33 Å². The normalized spacial score (nSPS) is 22.4. The summed E-state index contributed by atoms with van der Waals surface area (Å²) in [6.45, 7) is 1.76. The van der Waals surface area contributed by atoms with Crippen LogP contribution in [0.2, 0.25) is 0 Å². The number of nitrogens with one attached hydrogen (secondary N) is 1. The lowest BCUT2D eigenvalue weighted by Crippen LogP contribution is -2.31. The number of carbonyl (C=O) groups is 1. The number of ether oxygens (including phenoxy) is 2. The van der Waals surface area contributed by atoms with Gasteiger partial charge in [-0.2, -0.15) is 0 Å². The fourth-order valence-electron chi connectivity index (χ4n) is 3.51. The van der Waals surface area contributed by atoms with Crippen LogP contribution >= 0.6 is 0 Å². The van der Waals surface area contributed by atoms with Gasteiger partial charge in [0.1, 0.15) is 12.9 Å². The number of nitrogens with zero attached hydrogens (tertiary/aromatic N) is 3. The highest BCUT2D eigenvalue weighted by Crippen LogP contribution is 2.28. The lowest BCUT2D eigenvalue weighted by Gasteiger charge is -2.24. The van der Waals surface area contributed by atoms with Crippen LogP contribution in [0.25, 0.3) is 0 Å². The molecule has 1 atom stereocenters. The Hall–Kier alpha value is -1.47. The number of aromatic nitrogens is 3. The van der Waals surface area contributed by atoms with Crippen LogP contribution < -0.4 is 5.32 Å². The van der Waals surface area contributed by atoms with Gasteiger partial charge in [0.05, 0.1) is 19.3 Å². The van der Waals surface area contributed by atoms with E-state index in [1.54, 1.807) is 6.33 Å². The van der Waals surface area contributed by atoms with Gasteiger partial charge in [0, 0.05) is 12.6 Å². The molecule has 1 unspecified atom stereocenters. The zero-order chi connectivity index (χ0) is 16.6. The van der Waals surface area contributed by atoms with Crippen LogP contribution in [-0.4, -0.2) is 46.6 Å². The Labute approximate surface area is 143 Å². The van der Waals surface area contributed by atoms with E-state index in [1.165, 1.54) is 38.5 Å². The van der Waals surface area contributed by atoms with Crippen molar-refractivity contribution < 1.29 is 14.3 Å². The van der Waals surface area contributed by atoms with E-state index < -0.39 is 0 Å². The molecule has 1 aliphatic carbocycles. The van der Waals surface area contributed by atoms with E-state index in [4.69, 9.17) is 9.47 Å². The van der Waals surface area contributed by atoms with Gasteiger partial charge >= 0.3 is 0 Å². The third kappa shape index (κ3) is 5.01. The van der Waals surface area contributed by atoms with Crippen molar-refractivity contribution in [2.24, 2.45) is 0 Å². The predicted molar refractivity (Wildman–Crippen MR) is 88.4 cm³/mol. The molecule has 0 aromatic carbocycles. The summed E-state index contributed by atoms with van der Waals surface area (Å²) in [5.41, 5.74) is 0. The van der Waals surface area contributed by atoms with E-state index >= 15 is 0 Å². The molecule has 2 fully saturated rings.